The predicted molar refractivity (Wildman–Crippen MR) is 179 cm³/mol. The molecule has 0 bridgehead atoms. The summed E-state index contributed by atoms with van der Waals surface area (Å²) in [5, 5.41) is 0. The van der Waals surface area contributed by atoms with E-state index in [1.165, 1.54) is 74.9 Å². The summed E-state index contributed by atoms with van der Waals surface area (Å²) in [6.45, 7) is 12.7. The highest BCUT2D eigenvalue weighted by atomic mass is 14.1. The largest absolute Gasteiger partial charge is 0.0871 e. The second-order valence-electron chi connectivity index (χ2n) is 9.87. The van der Waals surface area contributed by atoms with Crippen LogP contribution in [0.1, 0.15) is 81.8 Å². The van der Waals surface area contributed by atoms with Crippen LogP contribution >= 0.6 is 0 Å². The van der Waals surface area contributed by atoms with Crippen LogP contribution in [0.25, 0.3) is 34.4 Å². The Morgan fingerprint density at radius 2 is 1.13 bits per heavy atom. The molecule has 0 N–H and O–H groups in total. The molecule has 0 atom stereocenters. The molecule has 0 spiro atoms. The number of fused-ring (bicyclic) bond motifs is 1. The summed E-state index contributed by atoms with van der Waals surface area (Å²) in [4.78, 5) is 0. The van der Waals surface area contributed by atoms with E-state index < -0.39 is 0 Å². The lowest BCUT2D eigenvalue weighted by Crippen LogP contribution is -1.94. The lowest BCUT2D eigenvalue weighted by molar-refractivity contribution is 0.986. The van der Waals surface area contributed by atoms with Crippen molar-refractivity contribution in [1.29, 1.82) is 0 Å². The molecular formula is C39H50. The third kappa shape index (κ3) is 9.88. The molecule has 0 fully saturated rings. The topological polar surface area (TPSA) is 0 Å². The maximum Gasteiger partial charge on any atom is -0.0178 e. The Morgan fingerprint density at radius 3 is 1.67 bits per heavy atom. The predicted octanol–water partition coefficient (Wildman–Crippen LogP) is 12.3. The van der Waals surface area contributed by atoms with E-state index in [-0.39, 0.29) is 14.9 Å². The van der Waals surface area contributed by atoms with Crippen LogP contribution in [0.15, 0.2) is 97.1 Å². The number of benzene rings is 4. The van der Waals surface area contributed by atoms with Crippen molar-refractivity contribution in [2.75, 3.05) is 0 Å². The molecule has 0 radical (unpaired) electrons. The van der Waals surface area contributed by atoms with Gasteiger partial charge >= 0.3 is 0 Å². The maximum absolute atomic E-state index is 2.30. The van der Waals surface area contributed by atoms with Crippen molar-refractivity contribution in [2.45, 2.75) is 75.7 Å². The van der Waals surface area contributed by atoms with Crippen molar-refractivity contribution >= 4 is 12.2 Å². The smallest absolute Gasteiger partial charge is 0.0178 e. The van der Waals surface area contributed by atoms with E-state index in [2.05, 4.69) is 151 Å². The third-order valence-corrected chi connectivity index (χ3v) is 6.42. The molecule has 206 valence electrons. The standard InChI is InChI=1S/C17H16.C17H18.C3H8.2CH4/c1-13-6-8-15(9-7-13)17-11-10-14-4-2-3-5-16(14)12-17;1-4-5-16-12-17(11-8-14(16)3)15-9-6-13(2)7-10-15;1-3-2;;/h3,5-12H,2,4H2,1H3;4-12H,1-3H3;3H2,1-2H3;2*1H4/b;5-4-;;;. The molecule has 4 aromatic rings. The van der Waals surface area contributed by atoms with Gasteiger partial charge in [0.15, 0.2) is 0 Å². The SMILES string of the molecule is C.C.C/C=C\c1cc(-c2ccc(C)cc2)ccc1C.CCC.Cc1ccc(-c2ccc3c(c2)C=CCC3)cc1. The van der Waals surface area contributed by atoms with Gasteiger partial charge in [0.1, 0.15) is 0 Å². The monoisotopic (exact) mass is 518 g/mol. The molecule has 0 aliphatic heterocycles. The average Bonchev–Trinajstić information content (AvgIpc) is 2.92. The first-order chi connectivity index (χ1) is 17.9. The number of rotatable bonds is 3. The minimum absolute atomic E-state index is 0. The van der Waals surface area contributed by atoms with E-state index in [0.717, 1.165) is 0 Å². The molecule has 1 aliphatic carbocycles. The zero-order valence-electron chi connectivity index (χ0n) is 23.5. The summed E-state index contributed by atoms with van der Waals surface area (Å²) in [6.07, 6.45) is 12.4. The van der Waals surface area contributed by atoms with Gasteiger partial charge in [0.25, 0.3) is 0 Å². The highest BCUT2D eigenvalue weighted by Crippen LogP contribution is 2.27. The van der Waals surface area contributed by atoms with Gasteiger partial charge in [-0.25, -0.2) is 0 Å². The zero-order chi connectivity index (χ0) is 26.6. The number of allylic oxidation sites excluding steroid dienone is 2. The van der Waals surface area contributed by atoms with Crippen LogP contribution in [-0.4, -0.2) is 0 Å². The molecule has 4 aromatic carbocycles. The average molecular weight is 519 g/mol. The van der Waals surface area contributed by atoms with Crippen molar-refractivity contribution in [2.24, 2.45) is 0 Å². The van der Waals surface area contributed by atoms with Gasteiger partial charge in [-0.1, -0.05) is 143 Å². The molecule has 1 aliphatic rings. The van der Waals surface area contributed by atoms with Crippen LogP contribution in [-0.2, 0) is 6.42 Å². The summed E-state index contributed by atoms with van der Waals surface area (Å²) >= 11 is 0. The van der Waals surface area contributed by atoms with Crippen LogP contribution in [0.3, 0.4) is 0 Å². The van der Waals surface area contributed by atoms with Crippen LogP contribution in [0, 0.1) is 20.8 Å². The van der Waals surface area contributed by atoms with Gasteiger partial charge < -0.3 is 0 Å². The minimum Gasteiger partial charge on any atom is -0.0871 e. The Morgan fingerprint density at radius 1 is 0.641 bits per heavy atom. The lowest BCUT2D eigenvalue weighted by atomic mass is 9.93. The number of hydrogen-bond acceptors (Lipinski definition) is 0. The Hall–Kier alpha value is -3.64. The molecule has 0 unspecified atom stereocenters. The first-order valence-corrected chi connectivity index (χ1v) is 13.6. The van der Waals surface area contributed by atoms with Crippen LogP contribution in [0.5, 0.6) is 0 Å². The van der Waals surface area contributed by atoms with Crippen molar-refractivity contribution in [3.63, 3.8) is 0 Å². The first kappa shape index (κ1) is 33.4. The summed E-state index contributed by atoms with van der Waals surface area (Å²) in [7, 11) is 0. The van der Waals surface area contributed by atoms with Gasteiger partial charge in [-0.15, -0.1) is 0 Å². The van der Waals surface area contributed by atoms with Crippen LogP contribution in [0.4, 0.5) is 0 Å². The fourth-order valence-corrected chi connectivity index (χ4v) is 4.28. The molecule has 0 saturated heterocycles. The van der Waals surface area contributed by atoms with E-state index in [9.17, 15) is 0 Å². The summed E-state index contributed by atoms with van der Waals surface area (Å²) < 4.78 is 0. The van der Waals surface area contributed by atoms with Crippen LogP contribution in [0.2, 0.25) is 0 Å². The Kier molecular flexibility index (Phi) is 14.6. The second kappa shape index (κ2) is 17.0. The maximum atomic E-state index is 2.30. The van der Waals surface area contributed by atoms with Gasteiger partial charge in [-0.3, -0.25) is 0 Å². The van der Waals surface area contributed by atoms with E-state index in [1.54, 1.807) is 0 Å². The lowest BCUT2D eigenvalue weighted by Gasteiger charge is -2.12. The quantitative estimate of drug-likeness (QED) is 0.253. The van der Waals surface area contributed by atoms with Crippen molar-refractivity contribution in [3.05, 3.63) is 130 Å². The molecule has 0 heteroatoms. The van der Waals surface area contributed by atoms with Crippen molar-refractivity contribution in [1.82, 2.24) is 0 Å². The summed E-state index contributed by atoms with van der Waals surface area (Å²) in [5.41, 5.74) is 13.3. The summed E-state index contributed by atoms with van der Waals surface area (Å²) in [5.74, 6) is 0. The Balaban J connectivity index is 0.000000339. The molecule has 0 aromatic heterocycles. The highest BCUT2D eigenvalue weighted by Gasteiger charge is 2.06. The number of hydrogen-bond donors (Lipinski definition) is 0. The van der Waals surface area contributed by atoms with Crippen LogP contribution < -0.4 is 0 Å². The molecule has 39 heavy (non-hydrogen) atoms. The van der Waals surface area contributed by atoms with Gasteiger partial charge in [0.2, 0.25) is 0 Å². The Labute approximate surface area is 240 Å². The normalized spacial score (nSPS) is 11.1. The van der Waals surface area contributed by atoms with Gasteiger partial charge in [-0.2, -0.15) is 0 Å². The second-order valence-corrected chi connectivity index (χ2v) is 9.87. The molecular weight excluding hydrogens is 468 g/mol. The van der Waals surface area contributed by atoms with Gasteiger partial charge in [0.05, 0.1) is 0 Å². The molecule has 5 rings (SSSR count). The van der Waals surface area contributed by atoms with E-state index in [0.29, 0.717) is 0 Å². The van der Waals surface area contributed by atoms with Gasteiger partial charge in [-0.05, 0) is 97.2 Å². The fraction of sp³-hybridized carbons (Fsp3) is 0.282. The summed E-state index contributed by atoms with van der Waals surface area (Å²) in [6, 6.07) is 30.8. The highest BCUT2D eigenvalue weighted by molar-refractivity contribution is 5.70. The Bertz CT molecular complexity index is 1260. The van der Waals surface area contributed by atoms with E-state index in [1.807, 2.05) is 0 Å². The molecule has 0 nitrogen and oxygen atoms in total. The van der Waals surface area contributed by atoms with Crippen molar-refractivity contribution < 1.29 is 0 Å². The zero-order valence-corrected chi connectivity index (χ0v) is 23.5. The van der Waals surface area contributed by atoms with Crippen molar-refractivity contribution in [3.8, 4) is 22.3 Å². The minimum atomic E-state index is 0. The van der Waals surface area contributed by atoms with E-state index in [4.69, 9.17) is 0 Å². The molecule has 0 heterocycles. The fourth-order valence-electron chi connectivity index (χ4n) is 4.28. The molecule has 0 amide bonds. The number of aryl methyl sites for hydroxylation is 4. The third-order valence-electron chi connectivity index (χ3n) is 6.42. The van der Waals surface area contributed by atoms with Gasteiger partial charge in [0, 0.05) is 0 Å². The molecule has 0 saturated carbocycles. The first-order valence-electron chi connectivity index (χ1n) is 13.6. The van der Waals surface area contributed by atoms with E-state index >= 15 is 0 Å².